The summed E-state index contributed by atoms with van der Waals surface area (Å²) in [5, 5.41) is 3.34. The lowest BCUT2D eigenvalue weighted by atomic mass is 9.96. The van der Waals surface area contributed by atoms with Gasteiger partial charge in [0.15, 0.2) is 0 Å². The molecule has 3 rings (SSSR count). The Morgan fingerprint density at radius 3 is 2.91 bits per heavy atom. The molecule has 0 bridgehead atoms. The van der Waals surface area contributed by atoms with E-state index in [4.69, 9.17) is 0 Å². The Kier molecular flexibility index (Phi) is 4.67. The molecule has 4 heteroatoms. The molecule has 0 aromatic heterocycles. The van der Waals surface area contributed by atoms with Crippen LogP contribution in [0, 0.1) is 0 Å². The molecule has 0 saturated carbocycles. The Hall–Kier alpha value is -1.55. The average Bonchev–Trinajstić information content (AvgIpc) is 2.54. The van der Waals surface area contributed by atoms with E-state index in [1.807, 2.05) is 4.90 Å². The topological polar surface area (TPSA) is 35.6 Å². The van der Waals surface area contributed by atoms with Crippen molar-refractivity contribution in [1.29, 1.82) is 0 Å². The molecule has 120 valence electrons. The zero-order valence-corrected chi connectivity index (χ0v) is 13.7. The maximum Gasteiger partial charge on any atom is 0.224 e. The molecule has 1 aromatic carbocycles. The van der Waals surface area contributed by atoms with E-state index in [2.05, 4.69) is 48.3 Å². The number of rotatable bonds is 3. The molecule has 2 aliphatic heterocycles. The fourth-order valence-corrected chi connectivity index (χ4v) is 3.67. The van der Waals surface area contributed by atoms with Gasteiger partial charge in [0.05, 0.1) is 0 Å². The van der Waals surface area contributed by atoms with Gasteiger partial charge in [-0.2, -0.15) is 0 Å². The summed E-state index contributed by atoms with van der Waals surface area (Å²) >= 11 is 0. The molecule has 0 radical (unpaired) electrons. The Labute approximate surface area is 133 Å². The minimum Gasteiger partial charge on any atom is -0.368 e. The van der Waals surface area contributed by atoms with Crippen LogP contribution in [0.15, 0.2) is 24.3 Å². The van der Waals surface area contributed by atoms with Crippen LogP contribution in [0.3, 0.4) is 0 Å². The van der Waals surface area contributed by atoms with Crippen molar-refractivity contribution in [1.82, 2.24) is 10.2 Å². The molecule has 2 heterocycles. The van der Waals surface area contributed by atoms with Crippen molar-refractivity contribution in [3.05, 3.63) is 29.8 Å². The van der Waals surface area contributed by atoms with Crippen LogP contribution in [0.5, 0.6) is 0 Å². The number of piperazine rings is 1. The first-order valence-corrected chi connectivity index (χ1v) is 8.51. The standard InChI is InChI=1S/C18H27N3O/c1-14-7-8-16-5-3-4-6-17(16)20(14)11-9-18(22)21-12-10-19-13-15(21)2/h3-6,14-15,19H,7-13H2,1-2H3/t14?,15-/m0/s1. The number of carbonyl (C=O) groups excluding carboxylic acids is 1. The van der Waals surface area contributed by atoms with E-state index in [1.54, 1.807) is 0 Å². The van der Waals surface area contributed by atoms with Crippen LogP contribution in [0.4, 0.5) is 5.69 Å². The van der Waals surface area contributed by atoms with Crippen LogP contribution in [0.1, 0.15) is 32.3 Å². The van der Waals surface area contributed by atoms with Gasteiger partial charge in [0, 0.05) is 50.4 Å². The Morgan fingerprint density at radius 2 is 2.09 bits per heavy atom. The number of nitrogens with one attached hydrogen (secondary N) is 1. The van der Waals surface area contributed by atoms with Gasteiger partial charge in [-0.3, -0.25) is 4.79 Å². The third-order valence-corrected chi connectivity index (χ3v) is 5.05. The highest BCUT2D eigenvalue weighted by molar-refractivity contribution is 5.77. The van der Waals surface area contributed by atoms with E-state index >= 15 is 0 Å². The Balaban J connectivity index is 1.64. The maximum atomic E-state index is 12.5. The van der Waals surface area contributed by atoms with E-state index in [0.717, 1.165) is 32.6 Å². The van der Waals surface area contributed by atoms with Crippen LogP contribution < -0.4 is 10.2 Å². The largest absolute Gasteiger partial charge is 0.368 e. The third-order valence-electron chi connectivity index (χ3n) is 5.05. The lowest BCUT2D eigenvalue weighted by molar-refractivity contribution is -0.133. The number of hydrogen-bond acceptors (Lipinski definition) is 3. The summed E-state index contributed by atoms with van der Waals surface area (Å²) in [5.74, 6) is 0.296. The maximum absolute atomic E-state index is 12.5. The van der Waals surface area contributed by atoms with Gasteiger partial charge in [-0.05, 0) is 38.3 Å². The van der Waals surface area contributed by atoms with Crippen molar-refractivity contribution < 1.29 is 4.79 Å². The summed E-state index contributed by atoms with van der Waals surface area (Å²) in [6.45, 7) is 7.89. The molecule has 4 nitrogen and oxygen atoms in total. The van der Waals surface area contributed by atoms with Crippen LogP contribution >= 0.6 is 0 Å². The molecule has 2 atom stereocenters. The number of fused-ring (bicyclic) bond motifs is 1. The monoisotopic (exact) mass is 301 g/mol. The van der Waals surface area contributed by atoms with Gasteiger partial charge in [-0.15, -0.1) is 0 Å². The zero-order valence-electron chi connectivity index (χ0n) is 13.7. The van der Waals surface area contributed by atoms with Crippen molar-refractivity contribution in [2.75, 3.05) is 31.1 Å². The van der Waals surface area contributed by atoms with Gasteiger partial charge >= 0.3 is 0 Å². The van der Waals surface area contributed by atoms with Crippen LogP contribution in [0.25, 0.3) is 0 Å². The third kappa shape index (κ3) is 3.12. The van der Waals surface area contributed by atoms with Gasteiger partial charge in [0.2, 0.25) is 5.91 Å². The molecule has 1 aromatic rings. The summed E-state index contributed by atoms with van der Waals surface area (Å²) in [4.78, 5) is 17.0. The van der Waals surface area contributed by atoms with E-state index < -0.39 is 0 Å². The van der Waals surface area contributed by atoms with Crippen molar-refractivity contribution in [2.24, 2.45) is 0 Å². The smallest absolute Gasteiger partial charge is 0.224 e. The second-order valence-corrected chi connectivity index (χ2v) is 6.60. The lowest BCUT2D eigenvalue weighted by Gasteiger charge is -2.38. The van der Waals surface area contributed by atoms with Crippen molar-refractivity contribution in [3.8, 4) is 0 Å². The highest BCUT2D eigenvalue weighted by atomic mass is 16.2. The molecular formula is C18H27N3O. The van der Waals surface area contributed by atoms with Crippen molar-refractivity contribution in [3.63, 3.8) is 0 Å². The average molecular weight is 301 g/mol. The number of anilines is 1. The van der Waals surface area contributed by atoms with Gasteiger partial charge < -0.3 is 15.1 Å². The molecule has 22 heavy (non-hydrogen) atoms. The first-order valence-electron chi connectivity index (χ1n) is 8.51. The fourth-order valence-electron chi connectivity index (χ4n) is 3.67. The Morgan fingerprint density at radius 1 is 1.27 bits per heavy atom. The minimum atomic E-state index is 0.296. The normalized spacial score (nSPS) is 25.0. The number of para-hydroxylation sites is 1. The first kappa shape index (κ1) is 15.3. The molecule has 0 aliphatic carbocycles. The molecule has 1 amide bonds. The van der Waals surface area contributed by atoms with E-state index in [-0.39, 0.29) is 0 Å². The summed E-state index contributed by atoms with van der Waals surface area (Å²) in [6, 6.07) is 9.46. The highest BCUT2D eigenvalue weighted by Crippen LogP contribution is 2.30. The second-order valence-electron chi connectivity index (χ2n) is 6.60. The highest BCUT2D eigenvalue weighted by Gasteiger charge is 2.26. The number of amides is 1. The van der Waals surface area contributed by atoms with E-state index in [0.29, 0.717) is 24.4 Å². The summed E-state index contributed by atoms with van der Waals surface area (Å²) in [5.41, 5.74) is 2.74. The summed E-state index contributed by atoms with van der Waals surface area (Å²) in [7, 11) is 0. The van der Waals surface area contributed by atoms with E-state index in [9.17, 15) is 4.79 Å². The number of carbonyl (C=O) groups is 1. The fraction of sp³-hybridized carbons (Fsp3) is 0.611. The van der Waals surface area contributed by atoms with Crippen molar-refractivity contribution >= 4 is 11.6 Å². The molecule has 1 N–H and O–H groups in total. The van der Waals surface area contributed by atoms with Gasteiger partial charge in [0.25, 0.3) is 0 Å². The van der Waals surface area contributed by atoms with Crippen LogP contribution in [-0.4, -0.2) is 49.1 Å². The number of benzene rings is 1. The summed E-state index contributed by atoms with van der Waals surface area (Å²) < 4.78 is 0. The lowest BCUT2D eigenvalue weighted by Crippen LogP contribution is -2.53. The quantitative estimate of drug-likeness (QED) is 0.928. The van der Waals surface area contributed by atoms with Gasteiger partial charge in [-0.25, -0.2) is 0 Å². The minimum absolute atomic E-state index is 0.296. The molecule has 1 saturated heterocycles. The molecule has 2 aliphatic rings. The number of aryl methyl sites for hydroxylation is 1. The molecular weight excluding hydrogens is 274 g/mol. The predicted molar refractivity (Wildman–Crippen MR) is 90.2 cm³/mol. The predicted octanol–water partition coefficient (Wildman–Crippen LogP) is 2.04. The molecule has 1 fully saturated rings. The summed E-state index contributed by atoms with van der Waals surface area (Å²) in [6.07, 6.45) is 2.94. The van der Waals surface area contributed by atoms with Gasteiger partial charge in [-0.1, -0.05) is 18.2 Å². The second kappa shape index (κ2) is 6.69. The van der Waals surface area contributed by atoms with E-state index in [1.165, 1.54) is 17.7 Å². The SMILES string of the molecule is CC1CCc2ccccc2N1CCC(=O)N1CCNC[C@@H]1C. The Bertz CT molecular complexity index is 531. The zero-order chi connectivity index (χ0) is 15.5. The van der Waals surface area contributed by atoms with Crippen LogP contribution in [-0.2, 0) is 11.2 Å². The van der Waals surface area contributed by atoms with Crippen molar-refractivity contribution in [2.45, 2.75) is 45.2 Å². The molecule has 1 unspecified atom stereocenters. The molecule has 0 spiro atoms. The number of hydrogen-bond donors (Lipinski definition) is 1. The first-order chi connectivity index (χ1) is 10.7. The van der Waals surface area contributed by atoms with Crippen LogP contribution in [0.2, 0.25) is 0 Å². The number of nitrogens with zero attached hydrogens (tertiary/aromatic N) is 2. The van der Waals surface area contributed by atoms with Gasteiger partial charge in [0.1, 0.15) is 0 Å².